The van der Waals surface area contributed by atoms with Crippen LogP contribution in [0.3, 0.4) is 0 Å². The zero-order valence-electron chi connectivity index (χ0n) is 14.8. The van der Waals surface area contributed by atoms with Gasteiger partial charge >= 0.3 is 0 Å². The van der Waals surface area contributed by atoms with Gasteiger partial charge in [-0.3, -0.25) is 9.69 Å². The van der Waals surface area contributed by atoms with Crippen LogP contribution in [0.4, 0.5) is 0 Å². The van der Waals surface area contributed by atoms with Gasteiger partial charge in [-0.05, 0) is 25.8 Å². The van der Waals surface area contributed by atoms with E-state index in [9.17, 15) is 4.79 Å². The lowest BCUT2D eigenvalue weighted by Gasteiger charge is -2.36. The van der Waals surface area contributed by atoms with E-state index in [0.717, 1.165) is 50.5 Å². The van der Waals surface area contributed by atoms with E-state index in [1.54, 1.807) is 0 Å². The molecular formula is C17H29N5O. The van der Waals surface area contributed by atoms with Gasteiger partial charge in [0.15, 0.2) is 0 Å². The Kier molecular flexibility index (Phi) is 4.47. The Hall–Kier alpha value is -1.40. The molecule has 128 valence electrons. The monoisotopic (exact) mass is 319 g/mol. The number of H-pyrrole nitrogens is 1. The number of hydrogen-bond donors (Lipinski definition) is 2. The van der Waals surface area contributed by atoms with Gasteiger partial charge in [-0.25, -0.2) is 4.98 Å². The van der Waals surface area contributed by atoms with Gasteiger partial charge in [-0.1, -0.05) is 13.8 Å². The minimum absolute atomic E-state index is 0.0414. The van der Waals surface area contributed by atoms with Gasteiger partial charge in [0.05, 0.1) is 0 Å². The lowest BCUT2D eigenvalue weighted by molar-refractivity contribution is 0.0940. The van der Waals surface area contributed by atoms with Crippen molar-refractivity contribution < 1.29 is 4.79 Å². The van der Waals surface area contributed by atoms with Crippen molar-refractivity contribution in [1.82, 2.24) is 25.1 Å². The predicted octanol–water partition coefficient (Wildman–Crippen LogP) is 0.900. The molecule has 1 amide bonds. The van der Waals surface area contributed by atoms with Crippen molar-refractivity contribution in [1.29, 1.82) is 0 Å². The smallest absolute Gasteiger partial charge is 0.271 e. The number of likely N-dealkylation sites (N-methyl/N-ethyl adjacent to an activating group) is 1. The summed E-state index contributed by atoms with van der Waals surface area (Å²) >= 11 is 0. The van der Waals surface area contributed by atoms with Gasteiger partial charge in [-0.2, -0.15) is 0 Å². The minimum Gasteiger partial charge on any atom is -0.350 e. The fourth-order valence-electron chi connectivity index (χ4n) is 3.49. The van der Waals surface area contributed by atoms with Gasteiger partial charge in [0.25, 0.3) is 5.91 Å². The molecule has 2 N–H and O–H groups in total. The topological polar surface area (TPSA) is 64.3 Å². The SMILES string of the molecule is CC(Cc1nc2c([nH]1)CC(C)(C)CNC2=O)N1CCN(C)CC1. The predicted molar refractivity (Wildman–Crippen MR) is 90.6 cm³/mol. The molecule has 1 fully saturated rings. The molecule has 6 heteroatoms. The number of piperazine rings is 1. The molecule has 0 aliphatic carbocycles. The number of imidazole rings is 1. The number of nitrogens with zero attached hydrogens (tertiary/aromatic N) is 3. The third-order valence-corrected chi connectivity index (χ3v) is 5.08. The average molecular weight is 319 g/mol. The van der Waals surface area contributed by atoms with E-state index in [4.69, 9.17) is 0 Å². The fraction of sp³-hybridized carbons (Fsp3) is 0.765. The first-order valence-corrected chi connectivity index (χ1v) is 8.63. The lowest BCUT2D eigenvalue weighted by atomic mass is 9.88. The molecule has 1 aromatic rings. The summed E-state index contributed by atoms with van der Waals surface area (Å²) in [4.78, 5) is 25.1. The maximum atomic E-state index is 12.2. The van der Waals surface area contributed by atoms with Gasteiger partial charge < -0.3 is 15.2 Å². The van der Waals surface area contributed by atoms with E-state index in [2.05, 4.69) is 52.9 Å². The first-order valence-electron chi connectivity index (χ1n) is 8.63. The molecule has 0 spiro atoms. The summed E-state index contributed by atoms with van der Waals surface area (Å²) < 4.78 is 0. The van der Waals surface area contributed by atoms with Crippen molar-refractivity contribution in [3.63, 3.8) is 0 Å². The van der Waals surface area contributed by atoms with Gasteiger partial charge in [0.2, 0.25) is 0 Å². The molecular weight excluding hydrogens is 290 g/mol. The molecule has 0 saturated carbocycles. The molecule has 2 aliphatic rings. The molecule has 1 atom stereocenters. The first-order chi connectivity index (χ1) is 10.8. The molecule has 23 heavy (non-hydrogen) atoms. The zero-order chi connectivity index (χ0) is 16.6. The Balaban J connectivity index is 1.70. The summed E-state index contributed by atoms with van der Waals surface area (Å²) in [5, 5.41) is 2.99. The number of nitrogens with one attached hydrogen (secondary N) is 2. The molecule has 3 rings (SSSR count). The number of amides is 1. The molecule has 1 unspecified atom stereocenters. The summed E-state index contributed by atoms with van der Waals surface area (Å²) in [6.07, 6.45) is 1.72. The summed E-state index contributed by atoms with van der Waals surface area (Å²) in [6, 6.07) is 0.439. The van der Waals surface area contributed by atoms with Crippen molar-refractivity contribution >= 4 is 5.91 Å². The van der Waals surface area contributed by atoms with Crippen LogP contribution in [0.2, 0.25) is 0 Å². The summed E-state index contributed by atoms with van der Waals surface area (Å²) in [6.45, 7) is 11.8. The van der Waals surface area contributed by atoms with E-state index in [1.807, 2.05) is 0 Å². The number of hydrogen-bond acceptors (Lipinski definition) is 4. The third-order valence-electron chi connectivity index (χ3n) is 5.08. The van der Waals surface area contributed by atoms with Crippen LogP contribution in [-0.4, -0.2) is 71.5 Å². The highest BCUT2D eigenvalue weighted by molar-refractivity contribution is 5.93. The second-order valence-corrected chi connectivity index (χ2v) is 7.93. The molecule has 0 radical (unpaired) electrons. The van der Waals surface area contributed by atoms with Crippen LogP contribution in [0, 0.1) is 5.41 Å². The second kappa shape index (κ2) is 6.24. The van der Waals surface area contributed by atoms with E-state index in [0.29, 0.717) is 18.3 Å². The van der Waals surface area contributed by atoms with Crippen LogP contribution in [0.1, 0.15) is 42.8 Å². The van der Waals surface area contributed by atoms with Crippen molar-refractivity contribution in [2.45, 2.75) is 39.7 Å². The van der Waals surface area contributed by atoms with Gasteiger partial charge in [0.1, 0.15) is 11.5 Å². The van der Waals surface area contributed by atoms with Crippen LogP contribution in [-0.2, 0) is 12.8 Å². The number of aromatic amines is 1. The number of carbonyl (C=O) groups excluding carboxylic acids is 1. The summed E-state index contributed by atoms with van der Waals surface area (Å²) in [5.74, 6) is 0.898. The Morgan fingerprint density at radius 2 is 1.96 bits per heavy atom. The number of rotatable bonds is 3. The zero-order valence-corrected chi connectivity index (χ0v) is 14.8. The lowest BCUT2D eigenvalue weighted by Crippen LogP contribution is -2.48. The first kappa shape index (κ1) is 16.5. The number of carbonyl (C=O) groups is 1. The Morgan fingerprint density at radius 3 is 2.65 bits per heavy atom. The van der Waals surface area contributed by atoms with E-state index in [1.165, 1.54) is 0 Å². The Morgan fingerprint density at radius 1 is 1.26 bits per heavy atom. The number of fused-ring (bicyclic) bond motifs is 1. The molecule has 1 aromatic heterocycles. The van der Waals surface area contributed by atoms with E-state index in [-0.39, 0.29) is 11.3 Å². The maximum absolute atomic E-state index is 12.2. The van der Waals surface area contributed by atoms with Crippen molar-refractivity contribution in [3.8, 4) is 0 Å². The van der Waals surface area contributed by atoms with Crippen molar-refractivity contribution in [2.75, 3.05) is 39.8 Å². The van der Waals surface area contributed by atoms with Crippen LogP contribution >= 0.6 is 0 Å². The van der Waals surface area contributed by atoms with Gasteiger partial charge in [0, 0.05) is 50.9 Å². The average Bonchev–Trinajstić information content (AvgIpc) is 2.82. The van der Waals surface area contributed by atoms with Crippen molar-refractivity contribution in [3.05, 3.63) is 17.2 Å². The molecule has 0 aromatic carbocycles. The Labute approximate surface area is 138 Å². The van der Waals surface area contributed by atoms with Gasteiger partial charge in [-0.15, -0.1) is 0 Å². The van der Waals surface area contributed by atoms with E-state index >= 15 is 0 Å². The summed E-state index contributed by atoms with van der Waals surface area (Å²) in [5.41, 5.74) is 1.65. The molecule has 3 heterocycles. The van der Waals surface area contributed by atoms with Crippen LogP contribution < -0.4 is 5.32 Å². The molecule has 0 bridgehead atoms. The van der Waals surface area contributed by atoms with Crippen LogP contribution in [0.15, 0.2) is 0 Å². The highest BCUT2D eigenvalue weighted by atomic mass is 16.1. The van der Waals surface area contributed by atoms with Crippen molar-refractivity contribution in [2.24, 2.45) is 5.41 Å². The maximum Gasteiger partial charge on any atom is 0.271 e. The molecule has 2 aliphatic heterocycles. The van der Waals surface area contributed by atoms with Crippen LogP contribution in [0.5, 0.6) is 0 Å². The van der Waals surface area contributed by atoms with E-state index < -0.39 is 0 Å². The molecule has 6 nitrogen and oxygen atoms in total. The summed E-state index contributed by atoms with van der Waals surface area (Å²) in [7, 11) is 2.17. The third kappa shape index (κ3) is 3.75. The highest BCUT2D eigenvalue weighted by Gasteiger charge is 2.30. The van der Waals surface area contributed by atoms with Crippen LogP contribution in [0.25, 0.3) is 0 Å². The normalized spacial score (nSPS) is 23.9. The number of aromatic nitrogens is 2. The standard InChI is InChI=1S/C17H29N5O/c1-12(22-7-5-21(4)6-8-22)9-14-19-13-10-17(2,3)11-18-16(23)15(13)20-14/h12H,5-11H2,1-4H3,(H,18,23)(H,19,20). The fourth-order valence-corrected chi connectivity index (χ4v) is 3.49. The quantitative estimate of drug-likeness (QED) is 0.869. The minimum atomic E-state index is -0.0414. The Bertz CT molecular complexity index is 572. The second-order valence-electron chi connectivity index (χ2n) is 7.93. The largest absolute Gasteiger partial charge is 0.350 e. The highest BCUT2D eigenvalue weighted by Crippen LogP contribution is 2.25. The molecule has 1 saturated heterocycles.